The summed E-state index contributed by atoms with van der Waals surface area (Å²) in [5.41, 5.74) is 6.04. The van der Waals surface area contributed by atoms with Gasteiger partial charge in [0.1, 0.15) is 0 Å². The van der Waals surface area contributed by atoms with Gasteiger partial charge in [0, 0.05) is 24.2 Å². The maximum absolute atomic E-state index is 9.55. The molecule has 0 bridgehead atoms. The highest BCUT2D eigenvalue weighted by Gasteiger charge is 2.21. The minimum Gasteiger partial charge on any atom is -0.478 e. The summed E-state index contributed by atoms with van der Waals surface area (Å²) in [5, 5.41) is 15.6. The Labute approximate surface area is 113 Å². The van der Waals surface area contributed by atoms with Gasteiger partial charge in [-0.25, -0.2) is 9.59 Å². The second-order valence-electron chi connectivity index (χ2n) is 4.84. The summed E-state index contributed by atoms with van der Waals surface area (Å²) >= 11 is 0. The molecule has 1 fully saturated rings. The summed E-state index contributed by atoms with van der Waals surface area (Å²) in [4.78, 5) is 21.4. The Morgan fingerprint density at radius 2 is 1.53 bits per heavy atom. The molecule has 0 aromatic carbocycles. The molecule has 0 radical (unpaired) electrons. The van der Waals surface area contributed by atoms with Gasteiger partial charge in [-0.2, -0.15) is 0 Å². The number of hydrogen-bond donors (Lipinski definition) is 3. The molecule has 0 aliphatic heterocycles. The van der Waals surface area contributed by atoms with E-state index in [1.54, 1.807) is 0 Å². The summed E-state index contributed by atoms with van der Waals surface area (Å²) < 4.78 is 0. The van der Waals surface area contributed by atoms with Crippen molar-refractivity contribution in [1.82, 2.24) is 4.90 Å². The second kappa shape index (κ2) is 9.52. The average Bonchev–Trinajstić information content (AvgIpc) is 2.52. The number of aliphatic carboxylic acids is 2. The lowest BCUT2D eigenvalue weighted by Crippen LogP contribution is -2.43. The molecule has 4 N–H and O–H groups in total. The van der Waals surface area contributed by atoms with E-state index < -0.39 is 11.9 Å². The maximum atomic E-state index is 9.55. The van der Waals surface area contributed by atoms with Crippen molar-refractivity contribution in [3.05, 3.63) is 12.2 Å². The molecule has 0 aromatic heterocycles. The first-order chi connectivity index (χ1) is 8.84. The zero-order chi connectivity index (χ0) is 14.8. The predicted octanol–water partition coefficient (Wildman–Crippen LogP) is 0.920. The number of carbonyl (C=O) groups is 2. The summed E-state index contributed by atoms with van der Waals surface area (Å²) in [6.07, 6.45) is 7.67. The van der Waals surface area contributed by atoms with Crippen molar-refractivity contribution in [3.8, 4) is 0 Å². The fourth-order valence-corrected chi connectivity index (χ4v) is 2.10. The van der Waals surface area contributed by atoms with Gasteiger partial charge < -0.3 is 20.8 Å². The summed E-state index contributed by atoms with van der Waals surface area (Å²) in [6, 6.07) is 1.03. The molecular formula is C13H24N2O4. The number of carboxylic acids is 2. The Morgan fingerprint density at radius 1 is 1.05 bits per heavy atom. The Hall–Kier alpha value is -1.40. The van der Waals surface area contributed by atoms with Crippen molar-refractivity contribution in [2.75, 3.05) is 14.1 Å². The van der Waals surface area contributed by atoms with Crippen LogP contribution < -0.4 is 5.73 Å². The van der Waals surface area contributed by atoms with E-state index in [-0.39, 0.29) is 0 Å². The number of carboxylic acid groups (broad SMARTS) is 2. The first kappa shape index (κ1) is 17.6. The van der Waals surface area contributed by atoms with E-state index in [9.17, 15) is 9.59 Å². The number of nitrogens with two attached hydrogens (primary N) is 1. The summed E-state index contributed by atoms with van der Waals surface area (Å²) in [6.45, 7) is 0. The molecule has 0 spiro atoms. The third kappa shape index (κ3) is 9.21. The SMILES string of the molecule is CN(C)[C@@H]1CCCCC[C@H]1N.O=C(O)C=CC(=O)O. The Balaban J connectivity index is 0.000000362. The van der Waals surface area contributed by atoms with Crippen LogP contribution >= 0.6 is 0 Å². The molecule has 0 saturated heterocycles. The molecule has 0 aromatic rings. The van der Waals surface area contributed by atoms with Crippen LogP contribution in [0, 0.1) is 0 Å². The van der Waals surface area contributed by atoms with Crippen LogP contribution in [0.4, 0.5) is 0 Å². The highest BCUT2D eigenvalue weighted by Crippen LogP contribution is 2.19. The summed E-state index contributed by atoms with van der Waals surface area (Å²) in [5.74, 6) is -2.51. The third-order valence-corrected chi connectivity index (χ3v) is 3.06. The van der Waals surface area contributed by atoms with Crippen molar-refractivity contribution in [3.63, 3.8) is 0 Å². The van der Waals surface area contributed by atoms with E-state index in [1.165, 1.54) is 32.1 Å². The molecule has 19 heavy (non-hydrogen) atoms. The van der Waals surface area contributed by atoms with E-state index >= 15 is 0 Å². The lowest BCUT2D eigenvalue weighted by atomic mass is 10.0. The molecule has 0 heterocycles. The lowest BCUT2D eigenvalue weighted by molar-refractivity contribution is -0.134. The number of hydrogen-bond acceptors (Lipinski definition) is 4. The highest BCUT2D eigenvalue weighted by atomic mass is 16.4. The molecule has 110 valence electrons. The minimum absolute atomic E-state index is 0.410. The van der Waals surface area contributed by atoms with E-state index in [0.717, 1.165) is 0 Å². The zero-order valence-corrected chi connectivity index (χ0v) is 11.6. The van der Waals surface area contributed by atoms with Gasteiger partial charge >= 0.3 is 11.9 Å². The largest absolute Gasteiger partial charge is 0.478 e. The van der Waals surface area contributed by atoms with Gasteiger partial charge in [0.15, 0.2) is 0 Å². The molecule has 0 unspecified atom stereocenters. The van der Waals surface area contributed by atoms with E-state index in [0.29, 0.717) is 24.2 Å². The average molecular weight is 272 g/mol. The van der Waals surface area contributed by atoms with Crippen LogP contribution in [0.2, 0.25) is 0 Å². The van der Waals surface area contributed by atoms with Crippen LogP contribution in [0.3, 0.4) is 0 Å². The van der Waals surface area contributed by atoms with Gasteiger partial charge in [0.2, 0.25) is 0 Å². The first-order valence-electron chi connectivity index (χ1n) is 6.40. The van der Waals surface area contributed by atoms with Crippen molar-refractivity contribution in [2.45, 2.75) is 44.2 Å². The van der Waals surface area contributed by atoms with Gasteiger partial charge in [-0.15, -0.1) is 0 Å². The molecule has 1 aliphatic rings. The second-order valence-corrected chi connectivity index (χ2v) is 4.84. The Morgan fingerprint density at radius 3 is 1.95 bits per heavy atom. The number of likely N-dealkylation sites (N-methyl/N-ethyl adjacent to an activating group) is 1. The molecule has 6 heteroatoms. The standard InChI is InChI=1S/C9H20N2.C4H4O4/c1-11(2)9-7-5-3-4-6-8(9)10;5-3(6)1-2-4(7)8/h8-9H,3-7,10H2,1-2H3;1-2H,(H,5,6)(H,7,8)/t8-,9-;/m1./s1. The molecule has 2 atom stereocenters. The Kier molecular flexibility index (Phi) is 8.82. The smallest absolute Gasteiger partial charge is 0.328 e. The topological polar surface area (TPSA) is 104 Å². The minimum atomic E-state index is -1.26. The first-order valence-corrected chi connectivity index (χ1v) is 6.40. The monoisotopic (exact) mass is 272 g/mol. The highest BCUT2D eigenvalue weighted by molar-refractivity contribution is 5.89. The molecule has 1 saturated carbocycles. The number of nitrogens with zero attached hydrogens (tertiary/aromatic N) is 1. The van der Waals surface area contributed by atoms with Gasteiger partial charge in [-0.1, -0.05) is 19.3 Å². The summed E-state index contributed by atoms with van der Waals surface area (Å²) in [7, 11) is 4.27. The van der Waals surface area contributed by atoms with Gasteiger partial charge in [0.25, 0.3) is 0 Å². The van der Waals surface area contributed by atoms with Gasteiger partial charge in [-0.3, -0.25) is 0 Å². The van der Waals surface area contributed by atoms with Crippen molar-refractivity contribution in [1.29, 1.82) is 0 Å². The number of rotatable bonds is 3. The zero-order valence-electron chi connectivity index (χ0n) is 11.6. The predicted molar refractivity (Wildman–Crippen MR) is 72.9 cm³/mol. The lowest BCUT2D eigenvalue weighted by Gasteiger charge is -2.27. The van der Waals surface area contributed by atoms with Crippen molar-refractivity contribution >= 4 is 11.9 Å². The fourth-order valence-electron chi connectivity index (χ4n) is 2.10. The third-order valence-electron chi connectivity index (χ3n) is 3.06. The molecule has 6 nitrogen and oxygen atoms in total. The normalized spacial score (nSPS) is 23.6. The van der Waals surface area contributed by atoms with Crippen molar-refractivity contribution in [2.24, 2.45) is 5.73 Å². The van der Waals surface area contributed by atoms with Crippen LogP contribution in [0.15, 0.2) is 12.2 Å². The molecular weight excluding hydrogens is 248 g/mol. The van der Waals surface area contributed by atoms with Gasteiger partial charge in [0.05, 0.1) is 0 Å². The molecule has 0 amide bonds. The Bertz CT molecular complexity index is 300. The van der Waals surface area contributed by atoms with Crippen LogP contribution in [-0.2, 0) is 9.59 Å². The van der Waals surface area contributed by atoms with Crippen LogP contribution in [0.5, 0.6) is 0 Å². The quantitative estimate of drug-likeness (QED) is 0.521. The van der Waals surface area contributed by atoms with Crippen LogP contribution in [-0.4, -0.2) is 53.2 Å². The fraction of sp³-hybridized carbons (Fsp3) is 0.692. The van der Waals surface area contributed by atoms with Crippen molar-refractivity contribution < 1.29 is 19.8 Å². The van der Waals surface area contributed by atoms with Gasteiger partial charge in [-0.05, 0) is 26.9 Å². The van der Waals surface area contributed by atoms with E-state index in [4.69, 9.17) is 15.9 Å². The van der Waals surface area contributed by atoms with Crippen LogP contribution in [0.25, 0.3) is 0 Å². The molecule has 1 rings (SSSR count). The molecule has 1 aliphatic carbocycles. The van der Waals surface area contributed by atoms with E-state index in [1.807, 2.05) is 0 Å². The van der Waals surface area contributed by atoms with Crippen LogP contribution in [0.1, 0.15) is 32.1 Å². The van der Waals surface area contributed by atoms with E-state index in [2.05, 4.69) is 19.0 Å². The maximum Gasteiger partial charge on any atom is 0.328 e.